The minimum Gasteiger partial charge on any atom is -0.392 e. The van der Waals surface area contributed by atoms with E-state index in [0.29, 0.717) is 0 Å². The highest BCUT2D eigenvalue weighted by Gasteiger charge is 2.43. The van der Waals surface area contributed by atoms with Crippen LogP contribution in [0.3, 0.4) is 0 Å². The summed E-state index contributed by atoms with van der Waals surface area (Å²) in [5.74, 6) is 0. The number of benzene rings is 3. The lowest BCUT2D eigenvalue weighted by Gasteiger charge is -2.34. The fraction of sp³-hybridized carbons (Fsp3) is 0.526. The predicted molar refractivity (Wildman–Crippen MR) is 178 cm³/mol. The molecule has 0 unspecified atom stereocenters. The molecule has 0 fully saturated rings. The highest BCUT2D eigenvalue weighted by molar-refractivity contribution is 7.00. The van der Waals surface area contributed by atoms with Crippen molar-refractivity contribution in [3.63, 3.8) is 0 Å². The van der Waals surface area contributed by atoms with Crippen molar-refractivity contribution in [2.24, 2.45) is 0 Å². The second kappa shape index (κ2) is 14.6. The van der Waals surface area contributed by atoms with Crippen LogP contribution in [0.1, 0.15) is 120 Å². The van der Waals surface area contributed by atoms with Gasteiger partial charge >= 0.3 is 0 Å². The third kappa shape index (κ3) is 6.66. The monoisotopic (exact) mass is 554 g/mol. The molecule has 0 heterocycles. The Morgan fingerprint density at radius 3 is 1.80 bits per heavy atom. The lowest BCUT2D eigenvalue weighted by molar-refractivity contribution is 0.283. The first kappa shape index (κ1) is 30.8. The Hall–Kier alpha value is -2.16. The molecule has 40 heavy (non-hydrogen) atoms. The Balaban J connectivity index is 1.72. The Kier molecular flexibility index (Phi) is 11.3. The lowest BCUT2D eigenvalue weighted by atomic mass is 9.70. The Labute approximate surface area is 246 Å². The van der Waals surface area contributed by atoms with Gasteiger partial charge in [-0.3, -0.25) is 0 Å². The van der Waals surface area contributed by atoms with Crippen molar-refractivity contribution in [2.75, 3.05) is 0 Å². The van der Waals surface area contributed by atoms with Crippen molar-refractivity contribution in [1.82, 2.24) is 0 Å². The van der Waals surface area contributed by atoms with Crippen LogP contribution in [0.2, 0.25) is 13.1 Å². The van der Waals surface area contributed by atoms with Crippen LogP contribution in [0.5, 0.6) is 0 Å². The quantitative estimate of drug-likeness (QED) is 0.130. The van der Waals surface area contributed by atoms with Crippen LogP contribution in [-0.2, 0) is 12.0 Å². The minimum atomic E-state index is -2.00. The third-order valence-corrected chi connectivity index (χ3v) is 13.4. The first-order valence-corrected chi connectivity index (χ1v) is 19.4. The van der Waals surface area contributed by atoms with Crippen molar-refractivity contribution in [3.8, 4) is 11.1 Å². The smallest absolute Gasteiger partial charge is 0.112 e. The van der Waals surface area contributed by atoms with Crippen molar-refractivity contribution < 1.29 is 5.11 Å². The maximum Gasteiger partial charge on any atom is 0.112 e. The number of hydrogen-bond donors (Lipinski definition) is 1. The van der Waals surface area contributed by atoms with Crippen LogP contribution in [0.15, 0.2) is 66.7 Å². The van der Waals surface area contributed by atoms with E-state index in [1.807, 2.05) is 0 Å². The zero-order chi connectivity index (χ0) is 28.4. The number of aliphatic hydroxyl groups is 1. The van der Waals surface area contributed by atoms with Gasteiger partial charge in [0, 0.05) is 5.41 Å². The molecule has 1 aliphatic rings. The second-order valence-corrected chi connectivity index (χ2v) is 17.2. The number of aliphatic hydroxyl groups excluding tert-OH is 1. The van der Waals surface area contributed by atoms with Crippen molar-refractivity contribution in [3.05, 3.63) is 83.4 Å². The largest absolute Gasteiger partial charge is 0.392 e. The standard InChI is InChI=1S/C38H54OSi/c1-5-7-9-11-13-19-27-38(28-20-14-12-10-8-6-2)35-23-17-16-22-33(35)34-26-25-32(29-36(34)38)40(3,4)37-24-18-15-21-31(37)30-39/h15-18,21-26,29,39H,5-14,19-20,27-28,30H2,1-4H3. The molecule has 216 valence electrons. The van der Waals surface area contributed by atoms with E-state index < -0.39 is 8.07 Å². The van der Waals surface area contributed by atoms with Crippen LogP contribution >= 0.6 is 0 Å². The average molecular weight is 555 g/mol. The summed E-state index contributed by atoms with van der Waals surface area (Å²) >= 11 is 0. The summed E-state index contributed by atoms with van der Waals surface area (Å²) in [5, 5.41) is 13.0. The van der Waals surface area contributed by atoms with Crippen molar-refractivity contribution in [2.45, 2.75) is 129 Å². The van der Waals surface area contributed by atoms with Gasteiger partial charge < -0.3 is 5.11 Å². The summed E-state index contributed by atoms with van der Waals surface area (Å²) in [5.41, 5.74) is 7.33. The van der Waals surface area contributed by atoms with E-state index >= 15 is 0 Å². The van der Waals surface area contributed by atoms with Crippen LogP contribution < -0.4 is 10.4 Å². The van der Waals surface area contributed by atoms with Gasteiger partial charge in [0.1, 0.15) is 8.07 Å². The summed E-state index contributed by atoms with van der Waals surface area (Å²) in [6.45, 7) is 9.67. The van der Waals surface area contributed by atoms with Gasteiger partial charge in [-0.1, -0.05) is 176 Å². The molecule has 0 aromatic heterocycles. The summed E-state index contributed by atoms with van der Waals surface area (Å²) in [6.07, 6.45) is 18.7. The molecule has 1 nitrogen and oxygen atoms in total. The molecule has 4 rings (SSSR count). The molecule has 0 atom stereocenters. The normalized spacial score (nSPS) is 13.8. The van der Waals surface area contributed by atoms with E-state index in [1.54, 1.807) is 11.1 Å². The highest BCUT2D eigenvalue weighted by atomic mass is 28.3. The van der Waals surface area contributed by atoms with Gasteiger partial charge in [-0.25, -0.2) is 0 Å². The number of rotatable bonds is 17. The molecular formula is C38H54OSi. The molecule has 3 aromatic rings. The fourth-order valence-electron chi connectivity index (χ4n) is 7.35. The Bertz CT molecular complexity index is 1190. The lowest BCUT2D eigenvalue weighted by Crippen LogP contribution is -2.54. The first-order chi connectivity index (χ1) is 19.5. The van der Waals surface area contributed by atoms with E-state index in [2.05, 4.69) is 93.7 Å². The number of unbranched alkanes of at least 4 members (excludes halogenated alkanes) is 10. The van der Waals surface area contributed by atoms with E-state index in [0.717, 1.165) is 5.56 Å². The molecule has 0 radical (unpaired) electrons. The van der Waals surface area contributed by atoms with Gasteiger partial charge in [-0.2, -0.15) is 0 Å². The fourth-order valence-corrected chi connectivity index (χ4v) is 10.1. The maximum absolute atomic E-state index is 10.2. The van der Waals surface area contributed by atoms with E-state index in [-0.39, 0.29) is 12.0 Å². The summed E-state index contributed by atoms with van der Waals surface area (Å²) in [7, 11) is -2.00. The Morgan fingerprint density at radius 1 is 0.600 bits per heavy atom. The number of fused-ring (bicyclic) bond motifs is 3. The topological polar surface area (TPSA) is 20.2 Å². The van der Waals surface area contributed by atoms with E-state index in [9.17, 15) is 5.11 Å². The van der Waals surface area contributed by atoms with Crippen LogP contribution in [0.25, 0.3) is 11.1 Å². The van der Waals surface area contributed by atoms with Gasteiger partial charge in [-0.05, 0) is 45.8 Å². The molecule has 0 spiro atoms. The molecule has 0 aliphatic heterocycles. The molecule has 0 amide bonds. The number of hydrogen-bond acceptors (Lipinski definition) is 1. The molecule has 1 N–H and O–H groups in total. The predicted octanol–water partition coefficient (Wildman–Crippen LogP) is 9.77. The second-order valence-electron chi connectivity index (χ2n) is 12.9. The van der Waals surface area contributed by atoms with Gasteiger partial charge in [0.2, 0.25) is 0 Å². The third-order valence-electron chi connectivity index (χ3n) is 9.76. The van der Waals surface area contributed by atoms with Crippen LogP contribution in [0, 0.1) is 0 Å². The zero-order valence-electron chi connectivity index (χ0n) is 25.9. The van der Waals surface area contributed by atoms with Gasteiger partial charge in [-0.15, -0.1) is 0 Å². The zero-order valence-corrected chi connectivity index (χ0v) is 26.9. The van der Waals surface area contributed by atoms with Gasteiger partial charge in [0.05, 0.1) is 6.61 Å². The SMILES string of the molecule is CCCCCCCCC1(CCCCCCCC)c2ccccc2-c2ccc([Si](C)(C)c3ccccc3CO)cc21. The van der Waals surface area contributed by atoms with Crippen LogP contribution in [0.4, 0.5) is 0 Å². The van der Waals surface area contributed by atoms with Gasteiger partial charge in [0.25, 0.3) is 0 Å². The first-order valence-electron chi connectivity index (χ1n) is 16.4. The van der Waals surface area contributed by atoms with Crippen LogP contribution in [-0.4, -0.2) is 13.2 Å². The van der Waals surface area contributed by atoms with Crippen molar-refractivity contribution >= 4 is 18.4 Å². The molecule has 0 saturated heterocycles. The average Bonchev–Trinajstić information content (AvgIpc) is 3.26. The molecule has 2 heteroatoms. The molecule has 3 aromatic carbocycles. The minimum absolute atomic E-state index is 0.114. The van der Waals surface area contributed by atoms with E-state index in [4.69, 9.17) is 0 Å². The molecule has 1 aliphatic carbocycles. The van der Waals surface area contributed by atoms with E-state index in [1.165, 1.54) is 111 Å². The van der Waals surface area contributed by atoms with Crippen molar-refractivity contribution in [1.29, 1.82) is 0 Å². The maximum atomic E-state index is 10.2. The Morgan fingerprint density at radius 2 is 1.15 bits per heavy atom. The molecular weight excluding hydrogens is 501 g/mol. The summed E-state index contributed by atoms with van der Waals surface area (Å²) < 4.78 is 0. The highest BCUT2D eigenvalue weighted by Crippen LogP contribution is 2.54. The summed E-state index contributed by atoms with van der Waals surface area (Å²) in [6, 6.07) is 25.4. The van der Waals surface area contributed by atoms with Gasteiger partial charge in [0.15, 0.2) is 0 Å². The molecule has 0 bridgehead atoms. The molecule has 0 saturated carbocycles. The summed E-state index contributed by atoms with van der Waals surface area (Å²) in [4.78, 5) is 0.